The molecular weight excluding hydrogens is 524 g/mol. The van der Waals surface area contributed by atoms with Crippen LogP contribution in [0.4, 0.5) is 0 Å². The summed E-state index contributed by atoms with van der Waals surface area (Å²) in [5.41, 5.74) is 8.97. The number of aliphatic hydroxyl groups excluding tert-OH is 3. The Labute approximate surface area is 233 Å². The average Bonchev–Trinajstić information content (AvgIpc) is 3.28. The van der Waals surface area contributed by atoms with Crippen LogP contribution in [0.2, 0.25) is 0 Å². The number of hydrogen-bond donors (Lipinski definition) is 4. The fourth-order valence-electron chi connectivity index (χ4n) is 4.96. The minimum atomic E-state index is -1.34. The van der Waals surface area contributed by atoms with Gasteiger partial charge in [0.05, 0.1) is 54.1 Å². The number of carbonyl (C=O) groups is 2. The lowest BCUT2D eigenvalue weighted by Crippen LogP contribution is -2.45. The molecule has 1 fully saturated rings. The Morgan fingerprint density at radius 1 is 1.36 bits per heavy atom. The number of carbonyl (C=O) groups excluding carboxylic acids is 1. The molecule has 0 aromatic carbocycles. The van der Waals surface area contributed by atoms with Crippen molar-refractivity contribution in [2.75, 3.05) is 0 Å². The molecule has 2 heterocycles. The molecule has 1 aromatic heterocycles. The number of aliphatic hydroxyl groups is 3. The van der Waals surface area contributed by atoms with E-state index in [1.807, 2.05) is 32.2 Å². The third-order valence-corrected chi connectivity index (χ3v) is 8.80. The van der Waals surface area contributed by atoms with E-state index in [-0.39, 0.29) is 30.0 Å². The van der Waals surface area contributed by atoms with Gasteiger partial charge in [-0.1, -0.05) is 44.8 Å². The summed E-state index contributed by atoms with van der Waals surface area (Å²) in [7, 11) is 0. The van der Waals surface area contributed by atoms with E-state index < -0.39 is 42.0 Å². The first-order valence-corrected chi connectivity index (χ1v) is 14.1. The summed E-state index contributed by atoms with van der Waals surface area (Å²) < 4.78 is 5.98. The normalized spacial score (nSPS) is 23.3. The Bertz CT molecular complexity index is 1080. The van der Waals surface area contributed by atoms with Gasteiger partial charge in [-0.2, -0.15) is 0 Å². The van der Waals surface area contributed by atoms with Gasteiger partial charge < -0.3 is 25.2 Å². The number of thiazole rings is 1. The van der Waals surface area contributed by atoms with Crippen LogP contribution in [0, 0.1) is 17.3 Å². The first kappa shape index (κ1) is 32.9. The van der Waals surface area contributed by atoms with E-state index in [0.717, 1.165) is 18.4 Å². The maximum absolute atomic E-state index is 13.0. The Hall–Kier alpha value is -2.34. The average molecular weight is 567 g/mol. The van der Waals surface area contributed by atoms with E-state index >= 15 is 0 Å². The topological polar surface area (TPSA) is 189 Å². The Balaban J connectivity index is 1.89. The smallest absolute Gasteiger partial charge is 0.306 e. The van der Waals surface area contributed by atoms with Crippen molar-refractivity contribution in [3.63, 3.8) is 0 Å². The fraction of sp³-hybridized carbons (Fsp3) is 0.741. The summed E-state index contributed by atoms with van der Waals surface area (Å²) in [5.74, 6) is -2.51. The molecule has 2 rings (SSSR count). The van der Waals surface area contributed by atoms with Crippen molar-refractivity contribution in [3.05, 3.63) is 32.1 Å². The highest BCUT2D eigenvalue weighted by atomic mass is 32.1. The maximum atomic E-state index is 13.0. The number of ketones is 1. The Morgan fingerprint density at radius 2 is 2.03 bits per heavy atom. The molecule has 1 aliphatic rings. The number of rotatable bonds is 17. The lowest BCUT2D eigenvalue weighted by atomic mass is 9.73. The van der Waals surface area contributed by atoms with Crippen LogP contribution in [0.15, 0.2) is 16.1 Å². The second-order valence-electron chi connectivity index (χ2n) is 11.4. The number of hydrogen-bond acceptors (Lipinski definition) is 9. The van der Waals surface area contributed by atoms with Gasteiger partial charge in [-0.05, 0) is 50.6 Å². The molecule has 1 aromatic rings. The first-order chi connectivity index (χ1) is 18.2. The van der Waals surface area contributed by atoms with E-state index in [2.05, 4.69) is 15.0 Å². The summed E-state index contributed by atoms with van der Waals surface area (Å²) in [6.07, 6.45) is 1.61. The van der Waals surface area contributed by atoms with E-state index in [4.69, 9.17) is 15.4 Å². The van der Waals surface area contributed by atoms with Crippen molar-refractivity contribution in [2.45, 2.75) is 110 Å². The lowest BCUT2D eigenvalue weighted by Gasteiger charge is -2.34. The molecule has 1 aliphatic heterocycles. The van der Waals surface area contributed by atoms with Crippen LogP contribution in [0.25, 0.3) is 16.5 Å². The molecule has 0 spiro atoms. The number of aliphatic carboxylic acids is 1. The Kier molecular flexibility index (Phi) is 11.7. The molecule has 0 unspecified atom stereocenters. The minimum Gasteiger partial charge on any atom is -0.481 e. The van der Waals surface area contributed by atoms with Crippen molar-refractivity contribution in [2.24, 2.45) is 22.4 Å². The highest BCUT2D eigenvalue weighted by Crippen LogP contribution is 2.45. The molecule has 0 radical (unpaired) electrons. The number of epoxide rings is 1. The number of nitrogens with zero attached hydrogens (tertiary/aromatic N) is 4. The predicted molar refractivity (Wildman–Crippen MR) is 148 cm³/mol. The zero-order valence-corrected chi connectivity index (χ0v) is 24.4. The summed E-state index contributed by atoms with van der Waals surface area (Å²) in [6, 6.07) is -0.395. The van der Waals surface area contributed by atoms with Crippen molar-refractivity contribution >= 4 is 29.2 Å². The molecule has 4 N–H and O–H groups in total. The van der Waals surface area contributed by atoms with Gasteiger partial charge in [-0.15, -0.1) is 11.3 Å². The zero-order chi connectivity index (χ0) is 29.5. The number of azide groups is 1. The molecule has 7 atom stereocenters. The molecule has 12 heteroatoms. The van der Waals surface area contributed by atoms with Crippen LogP contribution < -0.4 is 0 Å². The molecule has 218 valence electrons. The summed E-state index contributed by atoms with van der Waals surface area (Å²) in [4.78, 5) is 31.2. The van der Waals surface area contributed by atoms with Crippen molar-refractivity contribution in [1.82, 2.24) is 4.98 Å². The number of carboxylic acid groups (broad SMARTS) is 1. The van der Waals surface area contributed by atoms with Crippen LogP contribution in [0.5, 0.6) is 0 Å². The number of aromatic nitrogens is 1. The number of ether oxygens (including phenoxy) is 1. The van der Waals surface area contributed by atoms with E-state index in [1.165, 1.54) is 25.2 Å². The maximum Gasteiger partial charge on any atom is 0.306 e. The van der Waals surface area contributed by atoms with Crippen LogP contribution >= 0.6 is 11.3 Å². The van der Waals surface area contributed by atoms with Crippen LogP contribution in [-0.2, 0) is 20.9 Å². The van der Waals surface area contributed by atoms with Gasteiger partial charge in [0.2, 0.25) is 0 Å². The molecule has 0 aliphatic carbocycles. The third kappa shape index (κ3) is 8.83. The SMILES string of the molecule is C/C(=C\c1csc(CO)n1)[C@H](C[C@@H]1O[C@]1(C)CCC[C@H](C)[C@H](O)[C@@H](C)C(=O)C(C)(C)[C@@H](O)CC(=O)O)N=[N+]=[N-]. The molecule has 0 amide bonds. The monoisotopic (exact) mass is 566 g/mol. The van der Waals surface area contributed by atoms with Crippen molar-refractivity contribution < 1.29 is 34.8 Å². The van der Waals surface area contributed by atoms with Crippen molar-refractivity contribution in [1.29, 1.82) is 0 Å². The van der Waals surface area contributed by atoms with E-state index in [0.29, 0.717) is 23.5 Å². The van der Waals surface area contributed by atoms with E-state index in [9.17, 15) is 24.9 Å². The van der Waals surface area contributed by atoms with Crippen LogP contribution in [-0.4, -0.2) is 67.1 Å². The quantitative estimate of drug-likeness (QED) is 0.0917. The van der Waals surface area contributed by atoms with Crippen LogP contribution in [0.3, 0.4) is 0 Å². The zero-order valence-electron chi connectivity index (χ0n) is 23.6. The standard InChI is InChI=1S/C27H42N4O7S/c1-15(24(36)17(3)25(37)26(4,5)20(33)12-23(34)35)8-7-9-27(6)21(38-27)11-19(30-31-28)16(2)10-18-14-39-22(13-32)29-18/h10,14-15,17,19-21,24,32-33,36H,7-9,11-13H2,1-6H3,(H,34,35)/b16-10+/t15-,17+,19-,20-,21-,24-,27+/m0/s1. The number of Topliss-reactive ketones (excluding diaryl/α,β-unsaturated/α-hetero) is 1. The lowest BCUT2D eigenvalue weighted by molar-refractivity contribution is -0.147. The Morgan fingerprint density at radius 3 is 2.59 bits per heavy atom. The molecule has 39 heavy (non-hydrogen) atoms. The second kappa shape index (κ2) is 13.8. The minimum absolute atomic E-state index is 0.0861. The van der Waals surface area contributed by atoms with Gasteiger partial charge in [0.15, 0.2) is 0 Å². The van der Waals surface area contributed by atoms with Gasteiger partial charge >= 0.3 is 5.97 Å². The van der Waals surface area contributed by atoms with Crippen LogP contribution in [0.1, 0.15) is 84.3 Å². The molecular formula is C27H42N4O7S. The van der Waals surface area contributed by atoms with Gasteiger partial charge in [0.25, 0.3) is 0 Å². The van der Waals surface area contributed by atoms with Gasteiger partial charge in [-0.25, -0.2) is 4.98 Å². The van der Waals surface area contributed by atoms with Gasteiger partial charge in [-0.3, -0.25) is 9.59 Å². The van der Waals surface area contributed by atoms with E-state index in [1.54, 1.807) is 6.92 Å². The first-order valence-electron chi connectivity index (χ1n) is 13.2. The molecule has 11 nitrogen and oxygen atoms in total. The highest BCUT2D eigenvalue weighted by Gasteiger charge is 2.52. The summed E-state index contributed by atoms with van der Waals surface area (Å²) >= 11 is 1.36. The highest BCUT2D eigenvalue weighted by molar-refractivity contribution is 7.09. The molecule has 0 saturated carbocycles. The molecule has 0 bridgehead atoms. The third-order valence-electron chi connectivity index (χ3n) is 7.95. The number of carboxylic acids is 1. The van der Waals surface area contributed by atoms with Gasteiger partial charge in [0.1, 0.15) is 10.8 Å². The van der Waals surface area contributed by atoms with Crippen molar-refractivity contribution in [3.8, 4) is 0 Å². The fourth-order valence-corrected chi connectivity index (χ4v) is 5.57. The molecule has 1 saturated heterocycles. The second-order valence-corrected chi connectivity index (χ2v) is 12.4. The summed E-state index contributed by atoms with van der Waals surface area (Å²) in [5, 5.41) is 45.6. The van der Waals surface area contributed by atoms with Gasteiger partial charge in [0, 0.05) is 16.2 Å². The summed E-state index contributed by atoms with van der Waals surface area (Å²) in [6.45, 7) is 10.3. The predicted octanol–water partition coefficient (Wildman–Crippen LogP) is 4.50. The largest absolute Gasteiger partial charge is 0.481 e.